The Morgan fingerprint density at radius 1 is 1.07 bits per heavy atom. The van der Waals surface area contributed by atoms with Gasteiger partial charge in [0.05, 0.1) is 7.11 Å². The third kappa shape index (κ3) is 7.08. The van der Waals surface area contributed by atoms with Gasteiger partial charge in [-0.15, -0.1) is 0 Å². The quantitative estimate of drug-likeness (QED) is 0.392. The summed E-state index contributed by atoms with van der Waals surface area (Å²) in [5.74, 6) is 0.335. The number of hydrogen-bond donors (Lipinski definition) is 3. The van der Waals surface area contributed by atoms with E-state index in [9.17, 15) is 9.59 Å². The van der Waals surface area contributed by atoms with Crippen LogP contribution in [0, 0.1) is 6.92 Å². The van der Waals surface area contributed by atoms with Crippen LogP contribution in [0.25, 0.3) is 6.08 Å². The minimum absolute atomic E-state index is 0.0432. The summed E-state index contributed by atoms with van der Waals surface area (Å²) in [5.41, 5.74) is 6.64. The molecule has 0 saturated heterocycles. The summed E-state index contributed by atoms with van der Waals surface area (Å²) < 4.78 is 10.5. The lowest BCUT2D eigenvalue weighted by Gasteiger charge is -2.10. The van der Waals surface area contributed by atoms with Crippen LogP contribution in [-0.4, -0.2) is 30.6 Å². The average molecular weight is 399 g/mol. The van der Waals surface area contributed by atoms with E-state index in [1.807, 2.05) is 37.3 Å². The predicted molar refractivity (Wildman–Crippen MR) is 111 cm³/mol. The van der Waals surface area contributed by atoms with Crippen LogP contribution >= 0.6 is 12.2 Å². The second kappa shape index (κ2) is 10.7. The van der Waals surface area contributed by atoms with Gasteiger partial charge in [0.25, 0.3) is 5.91 Å². The van der Waals surface area contributed by atoms with Gasteiger partial charge in [-0.05, 0) is 43.4 Å². The average Bonchev–Trinajstić information content (AvgIpc) is 2.70. The molecule has 0 aliphatic heterocycles. The third-order valence-electron chi connectivity index (χ3n) is 3.50. The Labute approximate surface area is 168 Å². The topological polar surface area (TPSA) is 88.7 Å². The van der Waals surface area contributed by atoms with Crippen molar-refractivity contribution in [2.24, 2.45) is 0 Å². The van der Waals surface area contributed by atoms with E-state index in [0.717, 1.165) is 11.1 Å². The van der Waals surface area contributed by atoms with Crippen molar-refractivity contribution in [3.8, 4) is 11.5 Å². The first kappa shape index (κ1) is 20.9. The second-order valence-electron chi connectivity index (χ2n) is 5.67. The van der Waals surface area contributed by atoms with Crippen molar-refractivity contribution < 1.29 is 19.1 Å². The highest BCUT2D eigenvalue weighted by molar-refractivity contribution is 7.80. The molecule has 0 radical (unpaired) electrons. The maximum Gasteiger partial charge on any atom is 0.276 e. The fourth-order valence-electron chi connectivity index (χ4n) is 2.10. The van der Waals surface area contributed by atoms with E-state index in [1.165, 1.54) is 6.08 Å². The minimum Gasteiger partial charge on any atom is -0.496 e. The van der Waals surface area contributed by atoms with Gasteiger partial charge < -0.3 is 9.47 Å². The standard InChI is InChI=1S/C20H21N3O4S/c1-14-7-10-16(11-8-14)27-13-19(25)22-23-20(28)21-18(24)12-9-15-5-3-4-6-17(15)26-2/h3-12H,13H2,1-2H3,(H,22,25)(H2,21,23,24,28)/b12-9+. The number of hydrazine groups is 1. The summed E-state index contributed by atoms with van der Waals surface area (Å²) in [6.45, 7) is 1.77. The zero-order chi connectivity index (χ0) is 20.4. The highest BCUT2D eigenvalue weighted by atomic mass is 32.1. The molecular formula is C20H21N3O4S. The van der Waals surface area contributed by atoms with Crippen LogP contribution in [-0.2, 0) is 9.59 Å². The first-order valence-electron chi connectivity index (χ1n) is 8.38. The molecule has 0 bridgehead atoms. The first-order valence-corrected chi connectivity index (χ1v) is 8.79. The molecule has 28 heavy (non-hydrogen) atoms. The van der Waals surface area contributed by atoms with Crippen LogP contribution in [0.15, 0.2) is 54.6 Å². The lowest BCUT2D eigenvalue weighted by Crippen LogP contribution is -2.49. The fraction of sp³-hybridized carbons (Fsp3) is 0.150. The van der Waals surface area contributed by atoms with Crippen molar-refractivity contribution >= 4 is 35.2 Å². The molecule has 3 N–H and O–H groups in total. The molecule has 0 aliphatic rings. The van der Waals surface area contributed by atoms with Crippen molar-refractivity contribution in [1.82, 2.24) is 16.2 Å². The monoisotopic (exact) mass is 399 g/mol. The molecular weight excluding hydrogens is 378 g/mol. The zero-order valence-corrected chi connectivity index (χ0v) is 16.3. The number of ether oxygens (including phenoxy) is 2. The normalized spacial score (nSPS) is 10.2. The number of thiocarbonyl (C=S) groups is 1. The number of nitrogens with one attached hydrogen (secondary N) is 3. The Bertz CT molecular complexity index is 866. The number of hydrogen-bond acceptors (Lipinski definition) is 5. The zero-order valence-electron chi connectivity index (χ0n) is 15.5. The van der Waals surface area contributed by atoms with Gasteiger partial charge in [-0.3, -0.25) is 25.8 Å². The largest absolute Gasteiger partial charge is 0.496 e. The molecule has 8 heteroatoms. The number of aryl methyl sites for hydroxylation is 1. The van der Waals surface area contributed by atoms with E-state index in [1.54, 1.807) is 31.4 Å². The first-order chi connectivity index (χ1) is 13.5. The van der Waals surface area contributed by atoms with Gasteiger partial charge >= 0.3 is 0 Å². The van der Waals surface area contributed by atoms with E-state index in [-0.39, 0.29) is 11.7 Å². The van der Waals surface area contributed by atoms with E-state index in [2.05, 4.69) is 16.2 Å². The minimum atomic E-state index is -0.450. The molecule has 2 aromatic rings. The van der Waals surface area contributed by atoms with Gasteiger partial charge in [0.2, 0.25) is 5.91 Å². The van der Waals surface area contributed by atoms with Crippen LogP contribution < -0.4 is 25.6 Å². The number of rotatable bonds is 6. The van der Waals surface area contributed by atoms with Gasteiger partial charge in [0.1, 0.15) is 11.5 Å². The van der Waals surface area contributed by atoms with Crippen LogP contribution in [0.3, 0.4) is 0 Å². The highest BCUT2D eigenvalue weighted by Crippen LogP contribution is 2.18. The lowest BCUT2D eigenvalue weighted by molar-refractivity contribution is -0.123. The van der Waals surface area contributed by atoms with E-state index < -0.39 is 11.8 Å². The van der Waals surface area contributed by atoms with Gasteiger partial charge in [0.15, 0.2) is 11.7 Å². The molecule has 2 aromatic carbocycles. The molecule has 7 nitrogen and oxygen atoms in total. The molecule has 0 unspecified atom stereocenters. The number of benzene rings is 2. The molecule has 0 fully saturated rings. The Kier molecular flexibility index (Phi) is 7.98. The molecule has 0 aliphatic carbocycles. The number of para-hydroxylation sites is 1. The summed E-state index contributed by atoms with van der Waals surface area (Å²) in [4.78, 5) is 23.7. The summed E-state index contributed by atoms with van der Waals surface area (Å²) in [5, 5.41) is 2.38. The molecule has 0 aromatic heterocycles. The Hall–Kier alpha value is -3.39. The summed E-state index contributed by atoms with van der Waals surface area (Å²) >= 11 is 4.96. The molecule has 0 atom stereocenters. The smallest absolute Gasteiger partial charge is 0.276 e. The molecule has 0 spiro atoms. The Balaban J connectivity index is 1.72. The number of carbonyl (C=O) groups excluding carboxylic acids is 2. The van der Waals surface area contributed by atoms with Gasteiger partial charge in [-0.2, -0.15) is 0 Å². The van der Waals surface area contributed by atoms with Crippen molar-refractivity contribution in [3.05, 3.63) is 65.7 Å². The molecule has 2 rings (SSSR count). The van der Waals surface area contributed by atoms with Crippen LogP contribution in [0.5, 0.6) is 11.5 Å². The Morgan fingerprint density at radius 2 is 1.79 bits per heavy atom. The molecule has 0 heterocycles. The summed E-state index contributed by atoms with van der Waals surface area (Å²) in [6.07, 6.45) is 2.92. The number of carbonyl (C=O) groups is 2. The van der Waals surface area contributed by atoms with Gasteiger partial charge in [-0.1, -0.05) is 35.9 Å². The molecule has 0 saturated carbocycles. The molecule has 2 amide bonds. The highest BCUT2D eigenvalue weighted by Gasteiger charge is 2.05. The van der Waals surface area contributed by atoms with E-state index >= 15 is 0 Å². The van der Waals surface area contributed by atoms with Crippen molar-refractivity contribution in [1.29, 1.82) is 0 Å². The summed E-state index contributed by atoms with van der Waals surface area (Å²) in [7, 11) is 1.55. The van der Waals surface area contributed by atoms with E-state index in [0.29, 0.717) is 11.5 Å². The lowest BCUT2D eigenvalue weighted by atomic mass is 10.2. The molecule has 146 valence electrons. The maximum atomic E-state index is 11.9. The van der Waals surface area contributed by atoms with Crippen molar-refractivity contribution in [3.63, 3.8) is 0 Å². The summed E-state index contributed by atoms with van der Waals surface area (Å²) in [6, 6.07) is 14.6. The number of methoxy groups -OCH3 is 1. The van der Waals surface area contributed by atoms with Gasteiger partial charge in [0, 0.05) is 11.6 Å². The van der Waals surface area contributed by atoms with Gasteiger partial charge in [-0.25, -0.2) is 0 Å². The second-order valence-corrected chi connectivity index (χ2v) is 6.08. The number of amides is 2. The van der Waals surface area contributed by atoms with Crippen LogP contribution in [0.2, 0.25) is 0 Å². The van der Waals surface area contributed by atoms with E-state index in [4.69, 9.17) is 21.7 Å². The van der Waals surface area contributed by atoms with Crippen molar-refractivity contribution in [2.45, 2.75) is 6.92 Å². The van der Waals surface area contributed by atoms with Crippen molar-refractivity contribution in [2.75, 3.05) is 13.7 Å². The third-order valence-corrected chi connectivity index (χ3v) is 3.70. The van der Waals surface area contributed by atoms with Crippen LogP contribution in [0.1, 0.15) is 11.1 Å². The predicted octanol–water partition coefficient (Wildman–Crippen LogP) is 2.12. The fourth-order valence-corrected chi connectivity index (χ4v) is 2.25. The van der Waals surface area contributed by atoms with Crippen LogP contribution in [0.4, 0.5) is 0 Å². The SMILES string of the molecule is COc1ccccc1/C=C/C(=O)NC(=S)NNC(=O)COc1ccc(C)cc1. The maximum absolute atomic E-state index is 11.9. The Morgan fingerprint density at radius 3 is 2.50 bits per heavy atom.